The summed E-state index contributed by atoms with van der Waals surface area (Å²) in [6.45, 7) is -1.55. The van der Waals surface area contributed by atoms with Crippen molar-refractivity contribution in [2.45, 2.75) is 12.6 Å². The lowest BCUT2D eigenvalue weighted by Gasteiger charge is -2.14. The van der Waals surface area contributed by atoms with Crippen LogP contribution >= 0.6 is 0 Å². The van der Waals surface area contributed by atoms with Crippen molar-refractivity contribution < 1.29 is 27.5 Å². The predicted molar refractivity (Wildman–Crippen MR) is 67.7 cm³/mol. The van der Waals surface area contributed by atoms with Gasteiger partial charge in [-0.05, 0) is 18.6 Å². The van der Waals surface area contributed by atoms with Gasteiger partial charge in [-0.1, -0.05) is 6.07 Å². The van der Waals surface area contributed by atoms with Gasteiger partial charge < -0.3 is 10.5 Å². The molecule has 0 saturated heterocycles. The zero-order chi connectivity index (χ0) is 15.6. The number of hydrogen-bond donors (Lipinski definition) is 1. The van der Waals surface area contributed by atoms with E-state index >= 15 is 0 Å². The molecule has 2 rings (SSSR count). The van der Waals surface area contributed by atoms with E-state index in [1.54, 1.807) is 6.07 Å². The Morgan fingerprint density at radius 3 is 2.52 bits per heavy atom. The fourth-order valence-electron chi connectivity index (χ4n) is 2.08. The third kappa shape index (κ3) is 3.33. The lowest BCUT2D eigenvalue weighted by Crippen LogP contribution is -2.31. The Morgan fingerprint density at radius 1 is 1.19 bits per heavy atom. The molecule has 0 saturated carbocycles. The number of carbonyl (C=O) groups is 2. The number of benzene rings is 1. The van der Waals surface area contributed by atoms with E-state index in [-0.39, 0.29) is 36.4 Å². The Kier molecular flexibility index (Phi) is 4.17. The standard InChI is InChI=1S/C13H13F3N2O3/c14-13(15,16)7-21-6-2-5-18-11(19)8-3-1-4-9(17)10(8)12(18)20/h1,3-4H,2,5-7,17H2. The Hall–Kier alpha value is -2.09. The molecule has 21 heavy (non-hydrogen) atoms. The number of nitrogens with zero attached hydrogens (tertiary/aromatic N) is 1. The molecule has 1 aliphatic heterocycles. The molecule has 8 heteroatoms. The zero-order valence-corrected chi connectivity index (χ0v) is 10.9. The molecule has 1 aromatic carbocycles. The van der Waals surface area contributed by atoms with Crippen molar-refractivity contribution in [3.8, 4) is 0 Å². The molecule has 0 unspecified atom stereocenters. The summed E-state index contributed by atoms with van der Waals surface area (Å²) in [7, 11) is 0. The van der Waals surface area contributed by atoms with Crippen molar-refractivity contribution in [1.29, 1.82) is 0 Å². The molecule has 1 aliphatic rings. The first kappa shape index (κ1) is 15.3. The van der Waals surface area contributed by atoms with Crippen LogP contribution in [0.3, 0.4) is 0 Å². The van der Waals surface area contributed by atoms with Crippen molar-refractivity contribution in [3.63, 3.8) is 0 Å². The topological polar surface area (TPSA) is 72.6 Å². The second kappa shape index (κ2) is 5.72. The number of rotatable bonds is 5. The molecule has 0 aromatic heterocycles. The Bertz CT molecular complexity index is 572. The van der Waals surface area contributed by atoms with Gasteiger partial charge in [-0.15, -0.1) is 0 Å². The van der Waals surface area contributed by atoms with E-state index < -0.39 is 24.6 Å². The highest BCUT2D eigenvalue weighted by atomic mass is 19.4. The number of alkyl halides is 3. The summed E-state index contributed by atoms with van der Waals surface area (Å²) < 4.78 is 40.1. The predicted octanol–water partition coefficient (Wildman–Crippen LogP) is 1.83. The van der Waals surface area contributed by atoms with Crippen LogP contribution in [0.15, 0.2) is 18.2 Å². The Balaban J connectivity index is 1.91. The van der Waals surface area contributed by atoms with Crippen molar-refractivity contribution in [2.24, 2.45) is 0 Å². The molecule has 0 aliphatic carbocycles. The lowest BCUT2D eigenvalue weighted by atomic mass is 10.1. The summed E-state index contributed by atoms with van der Waals surface area (Å²) in [6.07, 6.45) is -4.26. The molecule has 0 spiro atoms. The molecular weight excluding hydrogens is 289 g/mol. The van der Waals surface area contributed by atoms with Gasteiger partial charge in [0, 0.05) is 18.8 Å². The SMILES string of the molecule is Nc1cccc2c1C(=O)N(CCCOCC(F)(F)F)C2=O. The van der Waals surface area contributed by atoms with E-state index in [9.17, 15) is 22.8 Å². The largest absolute Gasteiger partial charge is 0.411 e. The molecule has 0 bridgehead atoms. The van der Waals surface area contributed by atoms with Gasteiger partial charge in [0.2, 0.25) is 0 Å². The van der Waals surface area contributed by atoms with Crippen molar-refractivity contribution in [3.05, 3.63) is 29.3 Å². The molecule has 2 amide bonds. The summed E-state index contributed by atoms with van der Waals surface area (Å²) in [5.74, 6) is -1.01. The van der Waals surface area contributed by atoms with Crippen LogP contribution in [0.5, 0.6) is 0 Å². The highest BCUT2D eigenvalue weighted by Crippen LogP contribution is 2.27. The summed E-state index contributed by atoms with van der Waals surface area (Å²) >= 11 is 0. The second-order valence-electron chi connectivity index (χ2n) is 4.55. The summed E-state index contributed by atoms with van der Waals surface area (Å²) in [5, 5.41) is 0. The maximum absolute atomic E-state index is 12.1. The number of halogens is 3. The Morgan fingerprint density at radius 2 is 1.90 bits per heavy atom. The molecular formula is C13H13F3N2O3. The highest BCUT2D eigenvalue weighted by Gasteiger charge is 2.36. The maximum Gasteiger partial charge on any atom is 0.411 e. The van der Waals surface area contributed by atoms with E-state index in [0.29, 0.717) is 0 Å². The van der Waals surface area contributed by atoms with Gasteiger partial charge in [0.05, 0.1) is 11.1 Å². The zero-order valence-electron chi connectivity index (χ0n) is 10.9. The first-order valence-electron chi connectivity index (χ1n) is 6.20. The van der Waals surface area contributed by atoms with Crippen LogP contribution in [0.1, 0.15) is 27.1 Å². The van der Waals surface area contributed by atoms with E-state index in [2.05, 4.69) is 4.74 Å². The van der Waals surface area contributed by atoms with Crippen LogP contribution in [-0.4, -0.2) is 42.6 Å². The van der Waals surface area contributed by atoms with Crippen molar-refractivity contribution in [2.75, 3.05) is 25.5 Å². The number of ether oxygens (including phenoxy) is 1. The van der Waals surface area contributed by atoms with E-state index in [0.717, 1.165) is 4.90 Å². The number of carbonyl (C=O) groups excluding carboxylic acids is 2. The van der Waals surface area contributed by atoms with Crippen LogP contribution in [0.4, 0.5) is 18.9 Å². The Labute approximate surface area is 118 Å². The molecule has 2 N–H and O–H groups in total. The first-order valence-corrected chi connectivity index (χ1v) is 6.20. The molecule has 114 valence electrons. The first-order chi connectivity index (χ1) is 9.81. The fourth-order valence-corrected chi connectivity index (χ4v) is 2.08. The number of hydrogen-bond acceptors (Lipinski definition) is 4. The van der Waals surface area contributed by atoms with E-state index in [1.165, 1.54) is 12.1 Å². The van der Waals surface area contributed by atoms with Crippen LogP contribution in [0, 0.1) is 0 Å². The quantitative estimate of drug-likeness (QED) is 0.512. The number of anilines is 1. The molecule has 0 fully saturated rings. The van der Waals surface area contributed by atoms with Gasteiger partial charge in [-0.2, -0.15) is 13.2 Å². The van der Waals surface area contributed by atoms with Crippen molar-refractivity contribution >= 4 is 17.5 Å². The van der Waals surface area contributed by atoms with Crippen LogP contribution in [-0.2, 0) is 4.74 Å². The molecule has 1 heterocycles. The van der Waals surface area contributed by atoms with Gasteiger partial charge in [0.25, 0.3) is 11.8 Å². The minimum Gasteiger partial charge on any atom is -0.398 e. The minimum atomic E-state index is -4.38. The normalized spacial score (nSPS) is 14.7. The van der Waals surface area contributed by atoms with Crippen molar-refractivity contribution in [1.82, 2.24) is 4.90 Å². The van der Waals surface area contributed by atoms with Gasteiger partial charge in [0.15, 0.2) is 0 Å². The second-order valence-corrected chi connectivity index (χ2v) is 4.55. The fraction of sp³-hybridized carbons (Fsp3) is 0.385. The summed E-state index contributed by atoms with van der Waals surface area (Å²) in [6, 6.07) is 4.57. The third-order valence-corrected chi connectivity index (χ3v) is 2.97. The number of fused-ring (bicyclic) bond motifs is 1. The monoisotopic (exact) mass is 302 g/mol. The summed E-state index contributed by atoms with van der Waals surface area (Å²) in [4.78, 5) is 25.0. The van der Waals surface area contributed by atoms with Crippen LogP contribution in [0.2, 0.25) is 0 Å². The molecule has 0 radical (unpaired) electrons. The average Bonchev–Trinajstić information content (AvgIpc) is 2.63. The smallest absolute Gasteiger partial charge is 0.398 e. The van der Waals surface area contributed by atoms with Crippen LogP contribution in [0.25, 0.3) is 0 Å². The number of nitrogen functional groups attached to an aromatic ring is 1. The van der Waals surface area contributed by atoms with E-state index in [1.807, 2.05) is 0 Å². The average molecular weight is 302 g/mol. The summed E-state index contributed by atoms with van der Waals surface area (Å²) in [5.41, 5.74) is 6.24. The maximum atomic E-state index is 12.1. The molecule has 0 atom stereocenters. The van der Waals surface area contributed by atoms with Gasteiger partial charge in [-0.25, -0.2) is 0 Å². The molecule has 5 nitrogen and oxygen atoms in total. The number of nitrogens with two attached hydrogens (primary N) is 1. The number of imide groups is 1. The lowest BCUT2D eigenvalue weighted by molar-refractivity contribution is -0.174. The van der Waals surface area contributed by atoms with E-state index in [4.69, 9.17) is 5.73 Å². The minimum absolute atomic E-state index is 0.0103. The molecule has 1 aromatic rings. The van der Waals surface area contributed by atoms with Crippen LogP contribution < -0.4 is 5.73 Å². The highest BCUT2D eigenvalue weighted by molar-refractivity contribution is 6.23. The third-order valence-electron chi connectivity index (χ3n) is 2.97. The van der Waals surface area contributed by atoms with Gasteiger partial charge >= 0.3 is 6.18 Å². The van der Waals surface area contributed by atoms with Gasteiger partial charge in [-0.3, -0.25) is 14.5 Å². The van der Waals surface area contributed by atoms with Gasteiger partial charge in [0.1, 0.15) is 6.61 Å². The number of amides is 2.